The number of benzene rings is 1. The molecule has 190 valence electrons. The molecule has 35 heavy (non-hydrogen) atoms. The number of methoxy groups -OCH3 is 1. The summed E-state index contributed by atoms with van der Waals surface area (Å²) in [6.07, 6.45) is 4.45. The second kappa shape index (κ2) is 9.05. The molecule has 0 spiro atoms. The minimum Gasteiger partial charge on any atom is -0.493 e. The molecule has 2 saturated heterocycles. The fraction of sp³-hybridized carbons (Fsp3) is 0.560. The summed E-state index contributed by atoms with van der Waals surface area (Å²) in [5, 5.41) is 0. The van der Waals surface area contributed by atoms with Gasteiger partial charge in [-0.25, -0.2) is 13.2 Å². The van der Waals surface area contributed by atoms with Crippen LogP contribution in [0.3, 0.4) is 0 Å². The predicted molar refractivity (Wildman–Crippen MR) is 120 cm³/mol. The van der Waals surface area contributed by atoms with Crippen molar-refractivity contribution in [3.63, 3.8) is 0 Å². The Morgan fingerprint density at radius 1 is 1.26 bits per heavy atom. The summed E-state index contributed by atoms with van der Waals surface area (Å²) in [7, 11) is 3.26. The summed E-state index contributed by atoms with van der Waals surface area (Å²) < 4.78 is 63.8. The Hall–Kier alpha value is -2.72. The normalized spacial score (nSPS) is 29.9. The van der Waals surface area contributed by atoms with Crippen molar-refractivity contribution in [2.24, 2.45) is 5.92 Å². The van der Waals surface area contributed by atoms with Gasteiger partial charge in [0.15, 0.2) is 11.5 Å². The number of halogens is 3. The quantitative estimate of drug-likeness (QED) is 0.601. The molecule has 7 nitrogen and oxygen atoms in total. The lowest BCUT2D eigenvalue weighted by molar-refractivity contribution is -0.119. The fourth-order valence-corrected chi connectivity index (χ4v) is 5.51. The molecule has 3 atom stereocenters. The number of nitrogens with zero attached hydrogens (tertiary/aromatic N) is 2. The fourth-order valence-electron chi connectivity index (χ4n) is 5.51. The molecule has 4 aliphatic rings. The Labute approximate surface area is 202 Å². The summed E-state index contributed by atoms with van der Waals surface area (Å²) in [6, 6.07) is 4.22. The van der Waals surface area contributed by atoms with E-state index in [1.165, 1.54) is 13.2 Å². The van der Waals surface area contributed by atoms with Crippen LogP contribution in [0.2, 0.25) is 0 Å². The molecular weight excluding hydrogens is 465 g/mol. The van der Waals surface area contributed by atoms with Gasteiger partial charge in [0.05, 0.1) is 20.3 Å². The zero-order valence-electron chi connectivity index (χ0n) is 19.7. The second-order valence-electron chi connectivity index (χ2n) is 9.64. The van der Waals surface area contributed by atoms with Gasteiger partial charge >= 0.3 is 0 Å². The van der Waals surface area contributed by atoms with Crippen LogP contribution < -0.4 is 9.47 Å². The van der Waals surface area contributed by atoms with Crippen LogP contribution in [0.15, 0.2) is 42.4 Å². The maximum Gasteiger partial charge on any atom is 0.254 e. The number of likely N-dealkylation sites (tertiary alicyclic amines) is 1. The standard InChI is InChI=1S/C25H29F3N2O5/c1-29-8-3-4-18(26)22(29)25-7-9-30(13-21(25)34-15-35-25)23(31)17-5-6-19(20(10-17)32-2)33-14-16-11-24(27,28)12-16/h3-6,8,10,16,21-22H,7,9,11-15H2,1-2H3/t21?,22?,25-/m0/s1. The molecule has 1 aliphatic carbocycles. The first-order chi connectivity index (χ1) is 16.7. The maximum atomic E-state index is 14.8. The number of hydrogen-bond acceptors (Lipinski definition) is 6. The number of ether oxygens (including phenoxy) is 4. The van der Waals surface area contributed by atoms with Crippen LogP contribution in [0.25, 0.3) is 0 Å². The summed E-state index contributed by atoms with van der Waals surface area (Å²) in [5.74, 6) is -2.55. The van der Waals surface area contributed by atoms with Gasteiger partial charge in [-0.3, -0.25) is 4.79 Å². The molecular formula is C25H29F3N2O5. The third-order valence-electron chi connectivity index (χ3n) is 7.36. The van der Waals surface area contributed by atoms with E-state index in [0.29, 0.717) is 30.0 Å². The van der Waals surface area contributed by atoms with Crippen LogP contribution in [0.5, 0.6) is 11.5 Å². The van der Waals surface area contributed by atoms with Crippen molar-refractivity contribution in [2.75, 3.05) is 40.6 Å². The first kappa shape index (κ1) is 24.0. The van der Waals surface area contributed by atoms with Gasteiger partial charge in [-0.2, -0.15) is 0 Å². The van der Waals surface area contributed by atoms with Crippen LogP contribution in [0.4, 0.5) is 13.2 Å². The maximum absolute atomic E-state index is 14.8. The Bertz CT molecular complexity index is 1040. The van der Waals surface area contributed by atoms with E-state index in [-0.39, 0.29) is 50.4 Å². The topological polar surface area (TPSA) is 60.5 Å². The third kappa shape index (κ3) is 4.38. The zero-order chi connectivity index (χ0) is 24.8. The van der Waals surface area contributed by atoms with Gasteiger partial charge in [-0.05, 0) is 43.0 Å². The average Bonchev–Trinajstić information content (AvgIpc) is 3.24. The number of piperidine rings is 1. The van der Waals surface area contributed by atoms with E-state index >= 15 is 0 Å². The Kier molecular flexibility index (Phi) is 6.21. The van der Waals surface area contributed by atoms with Crippen LogP contribution in [0, 0.1) is 5.92 Å². The van der Waals surface area contributed by atoms with E-state index in [1.807, 2.05) is 0 Å². The molecule has 5 rings (SSSR count). The number of likely N-dealkylation sites (N-methyl/N-ethyl adjacent to an activating group) is 1. The highest BCUT2D eigenvalue weighted by Gasteiger charge is 2.57. The predicted octanol–water partition coefficient (Wildman–Crippen LogP) is 3.76. The number of carbonyl (C=O) groups excluding carboxylic acids is 1. The van der Waals surface area contributed by atoms with Crippen LogP contribution in [-0.2, 0) is 9.47 Å². The van der Waals surface area contributed by atoms with Crippen molar-refractivity contribution in [1.82, 2.24) is 9.80 Å². The molecule has 0 aromatic heterocycles. The highest BCUT2D eigenvalue weighted by atomic mass is 19.3. The Balaban J connectivity index is 1.26. The molecule has 0 radical (unpaired) electrons. The Morgan fingerprint density at radius 2 is 2.06 bits per heavy atom. The number of hydrogen-bond donors (Lipinski definition) is 0. The van der Waals surface area contributed by atoms with Crippen LogP contribution in [-0.4, -0.2) is 80.0 Å². The highest BCUT2D eigenvalue weighted by Crippen LogP contribution is 2.44. The highest BCUT2D eigenvalue weighted by molar-refractivity contribution is 5.95. The third-order valence-corrected chi connectivity index (χ3v) is 7.36. The van der Waals surface area contributed by atoms with Crippen LogP contribution >= 0.6 is 0 Å². The van der Waals surface area contributed by atoms with E-state index < -0.39 is 23.7 Å². The number of fused-ring (bicyclic) bond motifs is 1. The molecule has 3 heterocycles. The minimum absolute atomic E-state index is 0.0425. The number of amides is 1. The summed E-state index contributed by atoms with van der Waals surface area (Å²) >= 11 is 0. The van der Waals surface area contributed by atoms with E-state index in [1.54, 1.807) is 47.3 Å². The van der Waals surface area contributed by atoms with E-state index in [2.05, 4.69) is 0 Å². The number of rotatable bonds is 6. The van der Waals surface area contributed by atoms with Crippen molar-refractivity contribution in [2.45, 2.75) is 42.9 Å². The molecule has 0 N–H and O–H groups in total. The van der Waals surface area contributed by atoms with E-state index in [0.717, 1.165) is 0 Å². The van der Waals surface area contributed by atoms with Gasteiger partial charge < -0.3 is 28.7 Å². The summed E-state index contributed by atoms with van der Waals surface area (Å²) in [4.78, 5) is 16.8. The van der Waals surface area contributed by atoms with Gasteiger partial charge in [0.1, 0.15) is 30.4 Å². The lowest BCUT2D eigenvalue weighted by Gasteiger charge is -2.48. The van der Waals surface area contributed by atoms with Gasteiger partial charge in [0, 0.05) is 37.9 Å². The first-order valence-corrected chi connectivity index (χ1v) is 11.7. The van der Waals surface area contributed by atoms with E-state index in [4.69, 9.17) is 18.9 Å². The zero-order valence-corrected chi connectivity index (χ0v) is 19.7. The summed E-state index contributed by atoms with van der Waals surface area (Å²) in [5.41, 5.74) is -0.482. The monoisotopic (exact) mass is 494 g/mol. The van der Waals surface area contributed by atoms with Crippen molar-refractivity contribution < 1.29 is 36.9 Å². The van der Waals surface area contributed by atoms with Crippen molar-refractivity contribution >= 4 is 5.91 Å². The van der Waals surface area contributed by atoms with Crippen molar-refractivity contribution in [1.29, 1.82) is 0 Å². The largest absolute Gasteiger partial charge is 0.493 e. The molecule has 10 heteroatoms. The molecule has 1 saturated carbocycles. The molecule has 3 fully saturated rings. The molecule has 0 bridgehead atoms. The molecule has 1 amide bonds. The van der Waals surface area contributed by atoms with Crippen molar-refractivity contribution in [3.05, 3.63) is 47.9 Å². The molecule has 2 unspecified atom stereocenters. The van der Waals surface area contributed by atoms with Crippen molar-refractivity contribution in [3.8, 4) is 11.5 Å². The second-order valence-corrected chi connectivity index (χ2v) is 9.64. The van der Waals surface area contributed by atoms with Gasteiger partial charge in [-0.1, -0.05) is 0 Å². The molecule has 3 aliphatic heterocycles. The molecule has 1 aromatic carbocycles. The lowest BCUT2D eigenvalue weighted by Crippen LogP contribution is -2.64. The van der Waals surface area contributed by atoms with Gasteiger partial charge in [-0.15, -0.1) is 0 Å². The first-order valence-electron chi connectivity index (χ1n) is 11.7. The number of carbonyl (C=O) groups is 1. The number of allylic oxidation sites excluding steroid dienone is 2. The Morgan fingerprint density at radius 3 is 2.77 bits per heavy atom. The lowest BCUT2D eigenvalue weighted by atomic mass is 9.79. The van der Waals surface area contributed by atoms with Gasteiger partial charge in [0.2, 0.25) is 5.92 Å². The van der Waals surface area contributed by atoms with Gasteiger partial charge in [0.25, 0.3) is 5.91 Å². The van der Waals surface area contributed by atoms with E-state index in [9.17, 15) is 18.0 Å². The number of alkyl halides is 2. The summed E-state index contributed by atoms with van der Waals surface area (Å²) in [6.45, 7) is 0.843. The smallest absolute Gasteiger partial charge is 0.254 e. The van der Waals surface area contributed by atoms with Crippen LogP contribution in [0.1, 0.15) is 29.6 Å². The minimum atomic E-state index is -2.60. The SMILES string of the molecule is COc1cc(C(=O)N2CC[C@]3(C4C(F)=CC=CN4C)OCOC3C2)ccc1OCC1CC(F)(F)C1. The average molecular weight is 495 g/mol. The molecule has 1 aromatic rings.